The van der Waals surface area contributed by atoms with Crippen molar-refractivity contribution in [3.63, 3.8) is 0 Å². The molecule has 0 saturated carbocycles. The number of aliphatic hydroxyl groups excluding tert-OH is 3. The van der Waals surface area contributed by atoms with Crippen molar-refractivity contribution in [3.8, 4) is 0 Å². The molecule has 1 saturated heterocycles. The van der Waals surface area contributed by atoms with Gasteiger partial charge < -0.3 is 30.3 Å². The Kier molecular flexibility index (Phi) is 3.16. The Balaban J connectivity index is 2.16. The van der Waals surface area contributed by atoms with Gasteiger partial charge in [-0.05, 0) is 0 Å². The SMILES string of the molecule is C=C1NC(=O)C=CN1[C@@H]1O[C@H](CO)C(O)[C@@H]1O. The largest absolute Gasteiger partial charge is 0.394 e. The average Bonchev–Trinajstić information content (AvgIpc) is 2.57. The first-order chi connectivity index (χ1) is 8.04. The van der Waals surface area contributed by atoms with Crippen LogP contribution in [0.3, 0.4) is 0 Å². The Hall–Kier alpha value is -1.41. The third-order valence-corrected chi connectivity index (χ3v) is 2.76. The molecule has 0 aromatic carbocycles. The number of nitrogens with one attached hydrogen (secondary N) is 1. The molecule has 1 unspecified atom stereocenters. The summed E-state index contributed by atoms with van der Waals surface area (Å²) in [6.07, 6.45) is -1.45. The summed E-state index contributed by atoms with van der Waals surface area (Å²) in [5, 5.41) is 30.8. The van der Waals surface area contributed by atoms with Crippen LogP contribution < -0.4 is 5.32 Å². The van der Waals surface area contributed by atoms with E-state index in [0.29, 0.717) is 0 Å². The highest BCUT2D eigenvalue weighted by Crippen LogP contribution is 2.26. The van der Waals surface area contributed by atoms with Crippen LogP contribution in [0, 0.1) is 0 Å². The van der Waals surface area contributed by atoms with Crippen LogP contribution in [0.25, 0.3) is 0 Å². The molecule has 0 aliphatic carbocycles. The molecule has 0 bridgehead atoms. The third kappa shape index (κ3) is 2.05. The summed E-state index contributed by atoms with van der Waals surface area (Å²) in [5.74, 6) is -0.0784. The molecule has 0 radical (unpaired) electrons. The molecule has 2 heterocycles. The van der Waals surface area contributed by atoms with Crippen LogP contribution >= 0.6 is 0 Å². The van der Waals surface area contributed by atoms with E-state index in [1.165, 1.54) is 17.2 Å². The molecule has 1 amide bonds. The summed E-state index contributed by atoms with van der Waals surface area (Å²) in [5.41, 5.74) is 0. The molecular formula is C10H14N2O5. The van der Waals surface area contributed by atoms with Crippen molar-refractivity contribution in [3.05, 3.63) is 24.7 Å². The Bertz CT molecular complexity index is 370. The van der Waals surface area contributed by atoms with E-state index in [-0.39, 0.29) is 11.7 Å². The maximum atomic E-state index is 11.0. The number of hydrogen-bond donors (Lipinski definition) is 4. The Morgan fingerprint density at radius 2 is 2.18 bits per heavy atom. The summed E-state index contributed by atoms with van der Waals surface area (Å²) in [6, 6.07) is 0. The van der Waals surface area contributed by atoms with Crippen LogP contribution in [0.5, 0.6) is 0 Å². The topological polar surface area (TPSA) is 102 Å². The normalized spacial score (nSPS) is 37.5. The quantitative estimate of drug-likeness (QED) is 0.440. The van der Waals surface area contributed by atoms with E-state index in [1.807, 2.05) is 0 Å². The van der Waals surface area contributed by atoms with E-state index in [0.717, 1.165) is 0 Å². The highest BCUT2D eigenvalue weighted by Gasteiger charge is 2.45. The van der Waals surface area contributed by atoms with Gasteiger partial charge in [0.05, 0.1) is 6.61 Å². The first kappa shape index (κ1) is 12.1. The van der Waals surface area contributed by atoms with Crippen molar-refractivity contribution < 1.29 is 24.9 Å². The summed E-state index contributed by atoms with van der Waals surface area (Å²) >= 11 is 0. The van der Waals surface area contributed by atoms with Gasteiger partial charge >= 0.3 is 0 Å². The molecular weight excluding hydrogens is 228 g/mol. The van der Waals surface area contributed by atoms with Gasteiger partial charge in [0, 0.05) is 12.3 Å². The molecule has 2 aliphatic rings. The molecule has 0 spiro atoms. The van der Waals surface area contributed by atoms with Crippen molar-refractivity contribution in [2.45, 2.75) is 24.5 Å². The first-order valence-electron chi connectivity index (χ1n) is 5.13. The molecule has 4 N–H and O–H groups in total. The lowest BCUT2D eigenvalue weighted by Crippen LogP contribution is -2.46. The lowest BCUT2D eigenvalue weighted by molar-refractivity contribution is -0.118. The molecule has 7 nitrogen and oxygen atoms in total. The van der Waals surface area contributed by atoms with Gasteiger partial charge in [-0.3, -0.25) is 4.79 Å². The minimum absolute atomic E-state index is 0.243. The number of carbonyl (C=O) groups excluding carboxylic acids is 1. The summed E-state index contributed by atoms with van der Waals surface area (Å²) in [7, 11) is 0. The lowest BCUT2D eigenvalue weighted by Gasteiger charge is -2.32. The molecule has 7 heteroatoms. The number of nitrogens with zero attached hydrogens (tertiary/aromatic N) is 1. The second-order valence-corrected chi connectivity index (χ2v) is 3.89. The fraction of sp³-hybridized carbons (Fsp3) is 0.500. The van der Waals surface area contributed by atoms with Crippen LogP contribution in [-0.4, -0.2) is 57.3 Å². The fourth-order valence-electron chi connectivity index (χ4n) is 1.83. The number of amides is 1. The molecule has 1 fully saturated rings. The second kappa shape index (κ2) is 4.46. The predicted molar refractivity (Wildman–Crippen MR) is 56.0 cm³/mol. The second-order valence-electron chi connectivity index (χ2n) is 3.89. The van der Waals surface area contributed by atoms with Crippen LogP contribution in [0.15, 0.2) is 24.7 Å². The van der Waals surface area contributed by atoms with Crippen molar-refractivity contribution in [2.24, 2.45) is 0 Å². The van der Waals surface area contributed by atoms with Gasteiger partial charge in [0.25, 0.3) is 5.91 Å². The highest BCUT2D eigenvalue weighted by molar-refractivity contribution is 5.89. The minimum atomic E-state index is -1.19. The lowest BCUT2D eigenvalue weighted by atomic mass is 10.1. The van der Waals surface area contributed by atoms with Gasteiger partial charge in [0.1, 0.15) is 24.1 Å². The Morgan fingerprint density at radius 1 is 1.47 bits per heavy atom. The van der Waals surface area contributed by atoms with Crippen molar-refractivity contribution in [1.82, 2.24) is 10.2 Å². The molecule has 4 atom stereocenters. The molecule has 94 valence electrons. The standard InChI is InChI=1S/C10H14N2O5/c1-5-11-7(14)2-3-12(5)10-9(16)8(15)6(4-13)17-10/h2-3,6,8-10,13,15-16H,1,4H2,(H,11,14)/t6-,8?,9+,10-/m1/s1. The van der Waals surface area contributed by atoms with Crippen molar-refractivity contribution in [2.75, 3.05) is 6.61 Å². The van der Waals surface area contributed by atoms with Gasteiger partial charge in [-0.2, -0.15) is 0 Å². The van der Waals surface area contributed by atoms with E-state index < -0.39 is 31.1 Å². The van der Waals surface area contributed by atoms with Crippen LogP contribution in [0.1, 0.15) is 0 Å². The third-order valence-electron chi connectivity index (χ3n) is 2.76. The number of ether oxygens (including phenoxy) is 1. The molecule has 2 rings (SSSR count). The number of hydrogen-bond acceptors (Lipinski definition) is 6. The van der Waals surface area contributed by atoms with E-state index in [4.69, 9.17) is 9.84 Å². The zero-order chi connectivity index (χ0) is 12.6. The van der Waals surface area contributed by atoms with E-state index in [2.05, 4.69) is 11.9 Å². The van der Waals surface area contributed by atoms with Crippen molar-refractivity contribution in [1.29, 1.82) is 0 Å². The summed E-state index contributed by atoms with van der Waals surface area (Å²) in [6.45, 7) is 3.21. The van der Waals surface area contributed by atoms with Crippen LogP contribution in [-0.2, 0) is 9.53 Å². The van der Waals surface area contributed by atoms with Gasteiger partial charge in [-0.25, -0.2) is 0 Å². The van der Waals surface area contributed by atoms with E-state index >= 15 is 0 Å². The van der Waals surface area contributed by atoms with Gasteiger partial charge in [-0.15, -0.1) is 0 Å². The monoisotopic (exact) mass is 242 g/mol. The number of carbonyl (C=O) groups is 1. The van der Waals surface area contributed by atoms with Crippen molar-refractivity contribution >= 4 is 5.91 Å². The Morgan fingerprint density at radius 3 is 2.71 bits per heavy atom. The van der Waals surface area contributed by atoms with Crippen LogP contribution in [0.4, 0.5) is 0 Å². The molecule has 0 aromatic heterocycles. The fourth-order valence-corrected chi connectivity index (χ4v) is 1.83. The molecule has 2 aliphatic heterocycles. The van der Waals surface area contributed by atoms with Gasteiger partial charge in [-0.1, -0.05) is 6.58 Å². The van der Waals surface area contributed by atoms with Gasteiger partial charge in [0.2, 0.25) is 0 Å². The molecule has 0 aromatic rings. The minimum Gasteiger partial charge on any atom is -0.394 e. The first-order valence-corrected chi connectivity index (χ1v) is 5.13. The Labute approximate surface area is 97.6 Å². The highest BCUT2D eigenvalue weighted by atomic mass is 16.6. The van der Waals surface area contributed by atoms with E-state index in [1.54, 1.807) is 0 Å². The zero-order valence-electron chi connectivity index (χ0n) is 8.98. The van der Waals surface area contributed by atoms with E-state index in [9.17, 15) is 15.0 Å². The number of aliphatic hydroxyl groups is 3. The summed E-state index contributed by atoms with van der Waals surface area (Å²) < 4.78 is 5.29. The number of rotatable bonds is 2. The maximum Gasteiger partial charge on any atom is 0.250 e. The predicted octanol–water partition coefficient (Wildman–Crippen LogP) is -2.16. The zero-order valence-corrected chi connectivity index (χ0v) is 8.98. The maximum absolute atomic E-state index is 11.0. The smallest absolute Gasteiger partial charge is 0.250 e. The summed E-state index contributed by atoms with van der Waals surface area (Å²) in [4.78, 5) is 12.4. The molecule has 17 heavy (non-hydrogen) atoms. The van der Waals surface area contributed by atoms with Crippen LogP contribution in [0.2, 0.25) is 0 Å². The average molecular weight is 242 g/mol. The van der Waals surface area contributed by atoms with Gasteiger partial charge in [0.15, 0.2) is 6.23 Å².